The molecule has 0 atom stereocenters. The van der Waals surface area contributed by atoms with Gasteiger partial charge in [0.2, 0.25) is 0 Å². The Morgan fingerprint density at radius 2 is 1.84 bits per heavy atom. The molecule has 19 heavy (non-hydrogen) atoms. The Morgan fingerprint density at radius 1 is 1.11 bits per heavy atom. The zero-order chi connectivity index (χ0) is 13.1. The van der Waals surface area contributed by atoms with Gasteiger partial charge < -0.3 is 0 Å². The molecule has 0 spiro atoms. The number of rotatable bonds is 3. The summed E-state index contributed by atoms with van der Waals surface area (Å²) >= 11 is 5.93. The van der Waals surface area contributed by atoms with Gasteiger partial charge in [-0.1, -0.05) is 30.2 Å². The first-order chi connectivity index (χ1) is 9.33. The fourth-order valence-corrected chi connectivity index (χ4v) is 2.78. The average molecular weight is 276 g/mol. The van der Waals surface area contributed by atoms with Gasteiger partial charge in [-0.15, -0.1) is 0 Å². The molecule has 1 aliphatic rings. The molecule has 0 unspecified atom stereocenters. The van der Waals surface area contributed by atoms with Gasteiger partial charge in [-0.2, -0.15) is 5.10 Å². The summed E-state index contributed by atoms with van der Waals surface area (Å²) in [5, 5.41) is 8.08. The fourth-order valence-electron chi connectivity index (χ4n) is 2.66. The molecule has 1 N–H and O–H groups in total. The molecule has 1 aliphatic heterocycles. The van der Waals surface area contributed by atoms with Crippen LogP contribution in [0.5, 0.6) is 0 Å². The second-order valence-electron chi connectivity index (χ2n) is 5.11. The third kappa shape index (κ3) is 2.99. The predicted octanol–water partition coefficient (Wildman–Crippen LogP) is 3.72. The second kappa shape index (κ2) is 5.76. The van der Waals surface area contributed by atoms with Gasteiger partial charge in [0, 0.05) is 17.1 Å². The maximum Gasteiger partial charge on any atom is 0.0695 e. The maximum atomic E-state index is 5.93. The monoisotopic (exact) mass is 275 g/mol. The Bertz CT molecular complexity index is 527. The van der Waals surface area contributed by atoms with Gasteiger partial charge in [0.15, 0.2) is 0 Å². The predicted molar refractivity (Wildman–Crippen MR) is 78.2 cm³/mol. The first-order valence-electron chi connectivity index (χ1n) is 6.83. The van der Waals surface area contributed by atoms with Crippen LogP contribution in [-0.2, 0) is 6.54 Å². The summed E-state index contributed by atoms with van der Waals surface area (Å²) in [6.07, 6.45) is 5.94. The van der Waals surface area contributed by atoms with E-state index in [4.69, 9.17) is 11.6 Å². The van der Waals surface area contributed by atoms with E-state index in [9.17, 15) is 0 Å². The number of aromatic amines is 1. The highest BCUT2D eigenvalue weighted by Gasteiger charge is 2.14. The van der Waals surface area contributed by atoms with E-state index >= 15 is 0 Å². The molecule has 4 heteroatoms. The van der Waals surface area contributed by atoms with Gasteiger partial charge in [0.05, 0.1) is 11.9 Å². The van der Waals surface area contributed by atoms with E-state index in [1.54, 1.807) is 0 Å². The van der Waals surface area contributed by atoms with Crippen molar-refractivity contribution in [3.8, 4) is 11.3 Å². The van der Waals surface area contributed by atoms with Crippen LogP contribution in [0.4, 0.5) is 0 Å². The lowest BCUT2D eigenvalue weighted by Gasteiger charge is -2.26. The van der Waals surface area contributed by atoms with E-state index in [1.807, 2.05) is 30.5 Å². The van der Waals surface area contributed by atoms with Crippen LogP contribution < -0.4 is 0 Å². The van der Waals surface area contributed by atoms with Crippen LogP contribution in [0.15, 0.2) is 30.5 Å². The van der Waals surface area contributed by atoms with Gasteiger partial charge in [0.1, 0.15) is 0 Å². The van der Waals surface area contributed by atoms with Crippen LogP contribution in [0.2, 0.25) is 5.02 Å². The van der Waals surface area contributed by atoms with Crippen LogP contribution in [0.3, 0.4) is 0 Å². The van der Waals surface area contributed by atoms with Crippen LogP contribution >= 0.6 is 11.6 Å². The number of nitrogens with one attached hydrogen (secondary N) is 1. The third-order valence-electron chi connectivity index (χ3n) is 3.69. The Hall–Kier alpha value is -1.32. The normalized spacial score (nSPS) is 16.7. The number of benzene rings is 1. The molecular weight excluding hydrogens is 258 g/mol. The minimum atomic E-state index is 0.765. The zero-order valence-corrected chi connectivity index (χ0v) is 11.7. The van der Waals surface area contributed by atoms with E-state index in [1.165, 1.54) is 37.9 Å². The molecule has 100 valence electrons. The standard InChI is InChI=1S/C15H18ClN3/c16-14-6-4-12(5-7-14)15-13(10-17-18-15)11-19-8-2-1-3-9-19/h4-7,10H,1-3,8-9,11H2,(H,17,18). The van der Waals surface area contributed by atoms with Gasteiger partial charge in [0.25, 0.3) is 0 Å². The Balaban J connectivity index is 1.79. The Labute approximate surface area is 118 Å². The SMILES string of the molecule is Clc1ccc(-c2[nH]ncc2CN2CCCCC2)cc1. The molecule has 0 radical (unpaired) electrons. The summed E-state index contributed by atoms with van der Waals surface area (Å²) in [6.45, 7) is 3.38. The summed E-state index contributed by atoms with van der Waals surface area (Å²) in [7, 11) is 0. The van der Waals surface area contributed by atoms with Gasteiger partial charge in [-0.25, -0.2) is 0 Å². The molecule has 1 saturated heterocycles. The van der Waals surface area contributed by atoms with Crippen molar-refractivity contribution in [2.45, 2.75) is 25.8 Å². The van der Waals surface area contributed by atoms with E-state index in [2.05, 4.69) is 15.1 Å². The average Bonchev–Trinajstić information content (AvgIpc) is 2.89. The Morgan fingerprint density at radius 3 is 2.58 bits per heavy atom. The molecule has 3 rings (SSSR count). The van der Waals surface area contributed by atoms with Gasteiger partial charge in [-0.05, 0) is 43.6 Å². The number of hydrogen-bond acceptors (Lipinski definition) is 2. The smallest absolute Gasteiger partial charge is 0.0695 e. The maximum absolute atomic E-state index is 5.93. The molecule has 2 aromatic rings. The van der Waals surface area contributed by atoms with Gasteiger partial charge >= 0.3 is 0 Å². The number of nitrogens with zero attached hydrogens (tertiary/aromatic N) is 2. The first kappa shape index (κ1) is 12.7. The summed E-state index contributed by atoms with van der Waals surface area (Å²) in [4.78, 5) is 2.51. The molecule has 1 aromatic heterocycles. The van der Waals surface area contributed by atoms with Crippen LogP contribution in [-0.4, -0.2) is 28.2 Å². The highest BCUT2D eigenvalue weighted by Crippen LogP contribution is 2.24. The van der Waals surface area contributed by atoms with Crippen molar-refractivity contribution >= 4 is 11.6 Å². The van der Waals surface area contributed by atoms with Crippen LogP contribution in [0, 0.1) is 0 Å². The van der Waals surface area contributed by atoms with Crippen molar-refractivity contribution in [2.75, 3.05) is 13.1 Å². The third-order valence-corrected chi connectivity index (χ3v) is 3.95. The van der Waals surface area contributed by atoms with E-state index in [0.717, 1.165) is 22.8 Å². The number of H-pyrrole nitrogens is 1. The number of likely N-dealkylation sites (tertiary alicyclic amines) is 1. The highest BCUT2D eigenvalue weighted by atomic mass is 35.5. The van der Waals surface area contributed by atoms with Crippen LogP contribution in [0.1, 0.15) is 24.8 Å². The van der Waals surface area contributed by atoms with E-state index < -0.39 is 0 Å². The topological polar surface area (TPSA) is 31.9 Å². The number of hydrogen-bond donors (Lipinski definition) is 1. The van der Waals surface area contributed by atoms with Crippen molar-refractivity contribution in [1.29, 1.82) is 0 Å². The molecule has 0 bridgehead atoms. The first-order valence-corrected chi connectivity index (χ1v) is 7.21. The largest absolute Gasteiger partial charge is 0.299 e. The number of piperidine rings is 1. The minimum Gasteiger partial charge on any atom is -0.299 e. The molecule has 0 aliphatic carbocycles. The summed E-state index contributed by atoms with van der Waals surface area (Å²) in [6, 6.07) is 7.91. The quantitative estimate of drug-likeness (QED) is 0.926. The van der Waals surface area contributed by atoms with E-state index in [-0.39, 0.29) is 0 Å². The molecular formula is C15H18ClN3. The zero-order valence-electron chi connectivity index (χ0n) is 10.9. The number of halogens is 1. The van der Waals surface area contributed by atoms with E-state index in [0.29, 0.717) is 0 Å². The fraction of sp³-hybridized carbons (Fsp3) is 0.400. The van der Waals surface area contributed by atoms with Crippen LogP contribution in [0.25, 0.3) is 11.3 Å². The summed E-state index contributed by atoms with van der Waals surface area (Å²) in [5.41, 5.74) is 3.53. The van der Waals surface area contributed by atoms with Crippen molar-refractivity contribution < 1.29 is 0 Å². The van der Waals surface area contributed by atoms with Crippen molar-refractivity contribution in [3.05, 3.63) is 41.0 Å². The lowest BCUT2D eigenvalue weighted by molar-refractivity contribution is 0.221. The lowest BCUT2D eigenvalue weighted by Crippen LogP contribution is -2.29. The molecule has 1 aromatic carbocycles. The molecule has 3 nitrogen and oxygen atoms in total. The lowest BCUT2D eigenvalue weighted by atomic mass is 10.1. The summed E-state index contributed by atoms with van der Waals surface area (Å²) in [5.74, 6) is 0. The second-order valence-corrected chi connectivity index (χ2v) is 5.55. The Kier molecular flexibility index (Phi) is 3.85. The van der Waals surface area contributed by atoms with Crippen molar-refractivity contribution in [1.82, 2.24) is 15.1 Å². The molecule has 1 fully saturated rings. The highest BCUT2D eigenvalue weighted by molar-refractivity contribution is 6.30. The summed E-state index contributed by atoms with van der Waals surface area (Å²) < 4.78 is 0. The minimum absolute atomic E-state index is 0.765. The number of aromatic nitrogens is 2. The van der Waals surface area contributed by atoms with Crippen molar-refractivity contribution in [2.24, 2.45) is 0 Å². The molecule has 0 saturated carbocycles. The molecule has 0 amide bonds. The van der Waals surface area contributed by atoms with Gasteiger partial charge in [-0.3, -0.25) is 10.00 Å². The molecule has 2 heterocycles. The van der Waals surface area contributed by atoms with Crippen molar-refractivity contribution in [3.63, 3.8) is 0 Å².